The van der Waals surface area contributed by atoms with Crippen LogP contribution in [0.4, 0.5) is 0 Å². The molecule has 1 aliphatic rings. The van der Waals surface area contributed by atoms with Crippen LogP contribution in [0.1, 0.15) is 64.6 Å². The first-order valence-corrected chi connectivity index (χ1v) is 11.8. The molecule has 0 spiro atoms. The van der Waals surface area contributed by atoms with Crippen molar-refractivity contribution in [2.75, 3.05) is 19.7 Å². The fraction of sp³-hybridized carbons (Fsp3) is 0.556. The average Bonchev–Trinajstić information content (AvgIpc) is 3.38. The molecule has 0 radical (unpaired) electrons. The van der Waals surface area contributed by atoms with Gasteiger partial charge in [0, 0.05) is 42.4 Å². The highest BCUT2D eigenvalue weighted by Gasteiger charge is 2.52. The minimum atomic E-state index is -0.246. The summed E-state index contributed by atoms with van der Waals surface area (Å²) in [5.74, 6) is 0.818. The molecule has 1 aromatic carbocycles. The van der Waals surface area contributed by atoms with Gasteiger partial charge in [-0.05, 0) is 84.7 Å². The Morgan fingerprint density at radius 3 is 2.59 bits per heavy atom. The molecule has 3 aromatic rings. The van der Waals surface area contributed by atoms with E-state index in [1.807, 2.05) is 37.4 Å². The molecule has 0 saturated carbocycles. The molecule has 1 atom stereocenters. The molecule has 0 bridgehead atoms. The molecule has 1 fully saturated rings. The van der Waals surface area contributed by atoms with E-state index in [1.54, 1.807) is 0 Å². The molecule has 1 aliphatic heterocycles. The molecule has 4 rings (SSSR count). The van der Waals surface area contributed by atoms with Crippen molar-refractivity contribution in [1.29, 1.82) is 0 Å². The zero-order chi connectivity index (χ0) is 23.0. The van der Waals surface area contributed by atoms with Crippen molar-refractivity contribution < 1.29 is 9.15 Å². The van der Waals surface area contributed by atoms with Gasteiger partial charge in [0.15, 0.2) is 11.5 Å². The average molecular weight is 436 g/mol. The highest BCUT2D eigenvalue weighted by molar-refractivity contribution is 5.72. The maximum absolute atomic E-state index is 6.36. The molecule has 5 heteroatoms. The van der Waals surface area contributed by atoms with Gasteiger partial charge in [0.25, 0.3) is 0 Å². The van der Waals surface area contributed by atoms with Crippen molar-refractivity contribution in [2.45, 2.75) is 71.9 Å². The lowest BCUT2D eigenvalue weighted by molar-refractivity contribution is -0.110. The van der Waals surface area contributed by atoms with Crippen molar-refractivity contribution in [1.82, 2.24) is 14.9 Å². The molecule has 2 aromatic heterocycles. The van der Waals surface area contributed by atoms with Crippen molar-refractivity contribution >= 4 is 11.1 Å². The van der Waals surface area contributed by atoms with Gasteiger partial charge in [-0.1, -0.05) is 18.2 Å². The highest BCUT2D eigenvalue weighted by Crippen LogP contribution is 2.49. The van der Waals surface area contributed by atoms with Crippen LogP contribution in [0.3, 0.4) is 0 Å². The van der Waals surface area contributed by atoms with E-state index in [0.29, 0.717) is 6.61 Å². The van der Waals surface area contributed by atoms with E-state index < -0.39 is 0 Å². The number of aryl methyl sites for hydroxylation is 2. The van der Waals surface area contributed by atoms with Crippen molar-refractivity contribution in [2.24, 2.45) is 5.41 Å². The van der Waals surface area contributed by atoms with Crippen LogP contribution >= 0.6 is 0 Å². The Labute approximate surface area is 192 Å². The molecule has 32 heavy (non-hydrogen) atoms. The number of fused-ring (bicyclic) bond motifs is 1. The molecule has 172 valence electrons. The van der Waals surface area contributed by atoms with E-state index in [9.17, 15) is 0 Å². The van der Waals surface area contributed by atoms with E-state index >= 15 is 0 Å². The number of aromatic nitrogens is 2. The summed E-state index contributed by atoms with van der Waals surface area (Å²) in [6.07, 6.45) is 4.90. The number of oxazole rings is 1. The Hall–Kier alpha value is -2.24. The molecule has 0 amide bonds. The van der Waals surface area contributed by atoms with Crippen LogP contribution < -0.4 is 0 Å². The van der Waals surface area contributed by atoms with Gasteiger partial charge in [-0.2, -0.15) is 0 Å². The van der Waals surface area contributed by atoms with Crippen LogP contribution in [0.15, 0.2) is 47.0 Å². The SMILES string of the molecule is CCOC(C)(C)[C@@]1(CCc2nc3ccccc3o2)CCN(C(C)(C)c2ccc(C)nc2)C1. The largest absolute Gasteiger partial charge is 0.441 e. The first-order chi connectivity index (χ1) is 15.2. The second-order valence-electron chi connectivity index (χ2n) is 10.2. The maximum Gasteiger partial charge on any atom is 0.195 e. The van der Waals surface area contributed by atoms with E-state index in [1.165, 1.54) is 5.56 Å². The maximum atomic E-state index is 6.36. The van der Waals surface area contributed by atoms with Crippen molar-refractivity contribution in [3.8, 4) is 0 Å². The van der Waals surface area contributed by atoms with Gasteiger partial charge in [0.2, 0.25) is 0 Å². The summed E-state index contributed by atoms with van der Waals surface area (Å²) in [5.41, 5.74) is 3.78. The van der Waals surface area contributed by atoms with E-state index in [0.717, 1.165) is 55.0 Å². The Bertz CT molecular complexity index is 1020. The Balaban J connectivity index is 1.58. The monoisotopic (exact) mass is 435 g/mol. The van der Waals surface area contributed by atoms with Gasteiger partial charge in [-0.3, -0.25) is 9.88 Å². The number of hydrogen-bond donors (Lipinski definition) is 0. The van der Waals surface area contributed by atoms with Crippen molar-refractivity contribution in [3.05, 3.63) is 59.7 Å². The van der Waals surface area contributed by atoms with Crippen molar-refractivity contribution in [3.63, 3.8) is 0 Å². The number of nitrogens with zero attached hydrogens (tertiary/aromatic N) is 3. The van der Waals surface area contributed by atoms with E-state index in [2.05, 4.69) is 56.6 Å². The van der Waals surface area contributed by atoms with Crippen LogP contribution in [-0.2, 0) is 16.7 Å². The molecule has 0 aliphatic carbocycles. The van der Waals surface area contributed by atoms with Crippen LogP contribution in [0, 0.1) is 12.3 Å². The van der Waals surface area contributed by atoms with Crippen LogP contribution in [0.2, 0.25) is 0 Å². The fourth-order valence-corrected chi connectivity index (χ4v) is 5.25. The van der Waals surface area contributed by atoms with Gasteiger partial charge < -0.3 is 9.15 Å². The highest BCUT2D eigenvalue weighted by atomic mass is 16.5. The normalized spacial score (nSPS) is 20.3. The fourth-order valence-electron chi connectivity index (χ4n) is 5.25. The Morgan fingerprint density at radius 1 is 1.12 bits per heavy atom. The predicted octanol–water partition coefficient (Wildman–Crippen LogP) is 5.91. The molecular formula is C27H37N3O2. The standard InChI is InChI=1S/C27H37N3O2/c1-7-31-26(5,6)27(15-14-24-29-22-10-8-9-11-23(22)32-24)16-17-30(19-27)25(3,4)21-13-12-20(2)28-18-21/h8-13,18H,7,14-17,19H2,1-6H3/t27-/m0/s1. The summed E-state index contributed by atoms with van der Waals surface area (Å²) in [7, 11) is 0. The Kier molecular flexibility index (Phi) is 6.17. The first kappa shape index (κ1) is 22.9. The van der Waals surface area contributed by atoms with E-state index in [4.69, 9.17) is 14.1 Å². The third-order valence-electron chi connectivity index (χ3n) is 7.70. The zero-order valence-electron chi connectivity index (χ0n) is 20.4. The number of pyridine rings is 1. The smallest absolute Gasteiger partial charge is 0.195 e. The summed E-state index contributed by atoms with van der Waals surface area (Å²) < 4.78 is 12.4. The van der Waals surface area contributed by atoms with Gasteiger partial charge in [0.1, 0.15) is 5.52 Å². The lowest BCUT2D eigenvalue weighted by Gasteiger charge is -2.45. The lowest BCUT2D eigenvalue weighted by atomic mass is 9.69. The molecule has 1 saturated heterocycles. The predicted molar refractivity (Wildman–Crippen MR) is 129 cm³/mol. The second kappa shape index (κ2) is 8.60. The second-order valence-corrected chi connectivity index (χ2v) is 10.2. The quantitative estimate of drug-likeness (QED) is 0.440. The zero-order valence-corrected chi connectivity index (χ0v) is 20.4. The van der Waals surface area contributed by atoms with Gasteiger partial charge in [0.05, 0.1) is 5.60 Å². The summed E-state index contributed by atoms with van der Waals surface area (Å²) in [6.45, 7) is 16.0. The van der Waals surface area contributed by atoms with Gasteiger partial charge >= 0.3 is 0 Å². The number of benzene rings is 1. The summed E-state index contributed by atoms with van der Waals surface area (Å²) >= 11 is 0. The molecule has 0 N–H and O–H groups in total. The van der Waals surface area contributed by atoms with Crippen LogP contribution in [0.25, 0.3) is 11.1 Å². The van der Waals surface area contributed by atoms with Gasteiger partial charge in [-0.15, -0.1) is 0 Å². The summed E-state index contributed by atoms with van der Waals surface area (Å²) in [6, 6.07) is 12.3. The molecule has 5 nitrogen and oxygen atoms in total. The van der Waals surface area contributed by atoms with Crippen LogP contribution in [0.5, 0.6) is 0 Å². The third-order valence-corrected chi connectivity index (χ3v) is 7.70. The number of rotatable bonds is 8. The molecule has 0 unspecified atom stereocenters. The van der Waals surface area contributed by atoms with E-state index in [-0.39, 0.29) is 16.6 Å². The topological polar surface area (TPSA) is 51.4 Å². The van der Waals surface area contributed by atoms with Gasteiger partial charge in [-0.25, -0.2) is 4.98 Å². The third kappa shape index (κ3) is 4.20. The van der Waals surface area contributed by atoms with Crippen LogP contribution in [-0.4, -0.2) is 40.2 Å². The number of para-hydroxylation sites is 2. The number of likely N-dealkylation sites (tertiary alicyclic amines) is 1. The first-order valence-electron chi connectivity index (χ1n) is 11.8. The minimum Gasteiger partial charge on any atom is -0.441 e. The molecular weight excluding hydrogens is 398 g/mol. The molecule has 3 heterocycles. The summed E-state index contributed by atoms with van der Waals surface area (Å²) in [5, 5.41) is 0. The Morgan fingerprint density at radius 2 is 1.91 bits per heavy atom. The number of ether oxygens (including phenoxy) is 1. The minimum absolute atomic E-state index is 0.0130. The summed E-state index contributed by atoms with van der Waals surface area (Å²) in [4.78, 5) is 11.9. The lowest BCUT2D eigenvalue weighted by Crippen LogP contribution is -2.50. The number of hydrogen-bond acceptors (Lipinski definition) is 5.